The molecule has 0 aliphatic carbocycles. The Hall–Kier alpha value is -6.88. The van der Waals surface area contributed by atoms with E-state index in [4.69, 9.17) is 20.1 Å². The first-order valence-electron chi connectivity index (χ1n) is 31.6. The van der Waals surface area contributed by atoms with Gasteiger partial charge in [0.1, 0.15) is 12.1 Å². The van der Waals surface area contributed by atoms with Gasteiger partial charge in [-0.2, -0.15) is 15.0 Å². The summed E-state index contributed by atoms with van der Waals surface area (Å²) in [6.07, 6.45) is 8.74. The van der Waals surface area contributed by atoms with Crippen LogP contribution in [0.3, 0.4) is 0 Å². The number of aromatic nitrogens is 3. The number of hydrogen-bond acceptors (Lipinski definition) is 22. The van der Waals surface area contributed by atoms with E-state index in [9.17, 15) is 83.7 Å². The maximum Gasteiger partial charge on any atom is 3.00 e. The Morgan fingerprint density at radius 3 is 1.39 bits per heavy atom. The van der Waals surface area contributed by atoms with E-state index in [1.807, 2.05) is 34.1 Å². The van der Waals surface area contributed by atoms with E-state index < -0.39 is 84.9 Å². The molecule has 0 bridgehead atoms. The third-order valence-corrected chi connectivity index (χ3v) is 16.3. The van der Waals surface area contributed by atoms with Gasteiger partial charge in [-0.05, 0) is 69.2 Å². The second-order valence-electron chi connectivity index (χ2n) is 23.5. The van der Waals surface area contributed by atoms with Crippen molar-refractivity contribution in [3.63, 3.8) is 0 Å². The number of rotatable bonds is 39. The van der Waals surface area contributed by atoms with E-state index in [0.717, 1.165) is 76.6 Å². The first-order valence-corrected chi connectivity index (χ1v) is 31.6. The standard InChI is InChI=1S/C59H93N15O18.Lu/c75-47(60-19-9-8-11-45(54(88)89)62-59(92)63-46(55(90)91)17-18-48(76)77)12-7-5-3-1-2-4-6-10-20-67-25-30-72(31-26-67)57-64-56(65-58(66-57)73-32-27-70(28-33-73)39-51(82)83)61-43-15-13-42(14-16-43)35-44-36-71(40-52(84)85)24-23-68(37-49(78)79)21-22-69(38-50(80)81)29-34-74(44)41-53(86)87;/h13-16,44-46H,1-12,17-41H2,(H,60,75)(H,76,77)(H,78,79)(H,80,81)(H,82,83)(H,84,85)(H,86,87)(H,88,89)(H,90,91)(H2,62,63,92)(H,61,64,65,66);/q;+3/t44?,45-,46-;/m0./s1. The smallest absolute Gasteiger partial charge is 0.481 e. The maximum atomic E-state index is 12.4. The minimum Gasteiger partial charge on any atom is -0.481 e. The van der Waals surface area contributed by atoms with Gasteiger partial charge in [0.15, 0.2) is 0 Å². The van der Waals surface area contributed by atoms with Crippen molar-refractivity contribution < 1.29 is 126 Å². The van der Waals surface area contributed by atoms with E-state index in [-0.39, 0.29) is 128 Å². The molecule has 0 spiro atoms. The number of carboxylic acid groups (broad SMARTS) is 8. The second kappa shape index (κ2) is 42.5. The van der Waals surface area contributed by atoms with Crippen LogP contribution in [0.2, 0.25) is 0 Å². The number of anilines is 4. The molecule has 3 atom stereocenters. The average Bonchev–Trinajstić information content (AvgIpc) is 1.13. The zero-order valence-electron chi connectivity index (χ0n) is 52.5. The summed E-state index contributed by atoms with van der Waals surface area (Å²) in [5.41, 5.74) is 1.44. The summed E-state index contributed by atoms with van der Waals surface area (Å²) in [5.74, 6) is -8.14. The predicted octanol–water partition coefficient (Wildman–Crippen LogP) is 0.283. The van der Waals surface area contributed by atoms with Gasteiger partial charge in [-0.1, -0.05) is 50.7 Å². The van der Waals surface area contributed by atoms with Crippen LogP contribution in [0.4, 0.5) is 28.3 Å². The van der Waals surface area contributed by atoms with Crippen LogP contribution >= 0.6 is 0 Å². The molecule has 2 aromatic rings. The number of carbonyl (C=O) groups excluding carboxylic acids is 2. The molecule has 4 heterocycles. The van der Waals surface area contributed by atoms with E-state index in [0.29, 0.717) is 95.0 Å². The van der Waals surface area contributed by atoms with Crippen LogP contribution in [-0.2, 0) is 49.6 Å². The van der Waals surface area contributed by atoms with Gasteiger partial charge in [0, 0.05) is 129 Å². The number of urea groups is 1. The van der Waals surface area contributed by atoms with E-state index in [1.54, 1.807) is 19.6 Å². The fraction of sp³-hybridized carbons (Fsp3) is 0.678. The quantitative estimate of drug-likeness (QED) is 0.0400. The van der Waals surface area contributed by atoms with Gasteiger partial charge in [-0.3, -0.25) is 63.0 Å². The predicted molar refractivity (Wildman–Crippen MR) is 333 cm³/mol. The molecule has 3 aliphatic heterocycles. The molecule has 33 nitrogen and oxygen atoms in total. The van der Waals surface area contributed by atoms with Crippen LogP contribution in [0, 0.1) is 36.9 Å². The summed E-state index contributed by atoms with van der Waals surface area (Å²) < 4.78 is 0. The van der Waals surface area contributed by atoms with Gasteiger partial charge in [0.05, 0.1) is 32.7 Å². The summed E-state index contributed by atoms with van der Waals surface area (Å²) in [6, 6.07) is 3.03. The normalized spacial score (nSPS) is 17.5. The number of nitrogens with one attached hydrogen (secondary N) is 4. The zero-order valence-corrected chi connectivity index (χ0v) is 54.2. The summed E-state index contributed by atoms with van der Waals surface area (Å²) in [4.78, 5) is 148. The zero-order chi connectivity index (χ0) is 67.0. The summed E-state index contributed by atoms with van der Waals surface area (Å²) in [6.45, 7) is 5.92. The van der Waals surface area contributed by atoms with Gasteiger partial charge in [-0.15, -0.1) is 0 Å². The molecule has 0 radical (unpaired) electrons. The Morgan fingerprint density at radius 1 is 0.452 bits per heavy atom. The summed E-state index contributed by atoms with van der Waals surface area (Å²) >= 11 is 0. The molecule has 1 aromatic heterocycles. The molecule has 3 aliphatic rings. The summed E-state index contributed by atoms with van der Waals surface area (Å²) in [7, 11) is 0. The molecular formula is C59H93LuN15O18+3. The molecule has 3 amide bonds. The largest absolute Gasteiger partial charge is 3.00 e. The van der Waals surface area contributed by atoms with Crippen LogP contribution in [0.25, 0.3) is 0 Å². The Balaban J connectivity index is 0.0000184. The van der Waals surface area contributed by atoms with Gasteiger partial charge >= 0.3 is 90.7 Å². The molecule has 34 heteroatoms. The number of piperazine rings is 2. The first-order chi connectivity index (χ1) is 44.0. The second-order valence-corrected chi connectivity index (χ2v) is 23.5. The Kier molecular flexibility index (Phi) is 35.9. The van der Waals surface area contributed by atoms with Crippen molar-refractivity contribution in [1.82, 2.24) is 60.3 Å². The van der Waals surface area contributed by atoms with Crippen molar-refractivity contribution in [3.05, 3.63) is 29.8 Å². The minimum atomic E-state index is -1.50. The Bertz CT molecular complexity index is 2730. The van der Waals surface area contributed by atoms with Crippen molar-refractivity contribution in [2.24, 2.45) is 0 Å². The van der Waals surface area contributed by atoms with E-state index in [2.05, 4.69) is 31.1 Å². The van der Waals surface area contributed by atoms with E-state index in [1.165, 1.54) is 0 Å². The number of carboxylic acids is 8. The molecular weight excluding hydrogens is 1380 g/mol. The SMILES string of the molecule is O=C(O)CC[C@H](NC(=O)N[C@@H](CCCCNC(=O)CCCCCCCCCCN1CCN(c2nc(Nc3ccc(CC4CN(CC(=O)O)CCN(CC(=O)O)CCN(CC(=O)O)CCN4CC(=O)O)cc3)nc(N3CCN(CC(=O)O)CC3)n2)CC1)C(=O)O)C(=O)O.[Lu+3]. The number of benzene rings is 1. The van der Waals surface area contributed by atoms with Crippen LogP contribution in [0.15, 0.2) is 24.3 Å². The van der Waals surface area contributed by atoms with Crippen molar-refractivity contribution in [3.8, 4) is 0 Å². The van der Waals surface area contributed by atoms with Gasteiger partial charge in [-0.25, -0.2) is 14.4 Å². The average molecular weight is 1480 g/mol. The van der Waals surface area contributed by atoms with Crippen LogP contribution in [0.5, 0.6) is 0 Å². The third kappa shape index (κ3) is 31.7. The summed E-state index contributed by atoms with van der Waals surface area (Å²) in [5, 5.41) is 86.7. The number of hydrogen-bond donors (Lipinski definition) is 12. The topological polar surface area (TPSA) is 445 Å². The first kappa shape index (κ1) is 78.6. The third-order valence-electron chi connectivity index (χ3n) is 16.3. The number of amides is 3. The van der Waals surface area contributed by atoms with Crippen molar-refractivity contribution in [2.75, 3.05) is 159 Å². The molecule has 524 valence electrons. The fourth-order valence-corrected chi connectivity index (χ4v) is 11.3. The minimum absolute atomic E-state index is 0. The molecule has 5 rings (SSSR count). The molecule has 3 fully saturated rings. The Labute approximate surface area is 569 Å². The fourth-order valence-electron chi connectivity index (χ4n) is 11.3. The van der Waals surface area contributed by atoms with Gasteiger partial charge < -0.3 is 71.9 Å². The molecule has 0 saturated carbocycles. The Morgan fingerprint density at radius 2 is 0.892 bits per heavy atom. The maximum absolute atomic E-state index is 12.4. The molecule has 3 saturated heterocycles. The molecule has 12 N–H and O–H groups in total. The van der Waals surface area contributed by atoms with Crippen LogP contribution in [0.1, 0.15) is 95.5 Å². The van der Waals surface area contributed by atoms with Crippen molar-refractivity contribution >= 4 is 83.2 Å². The van der Waals surface area contributed by atoms with E-state index >= 15 is 0 Å². The van der Waals surface area contributed by atoms with Crippen LogP contribution < -0.4 is 31.1 Å². The van der Waals surface area contributed by atoms with Gasteiger partial charge in [0.25, 0.3) is 0 Å². The number of nitrogens with zero attached hydrogens (tertiary/aromatic N) is 11. The monoisotopic (exact) mass is 1470 g/mol. The molecule has 93 heavy (non-hydrogen) atoms. The number of aliphatic carboxylic acids is 8. The number of carbonyl (C=O) groups is 10. The number of unbranched alkanes of at least 4 members (excludes halogenated alkanes) is 8. The molecule has 1 unspecified atom stereocenters. The van der Waals surface area contributed by atoms with Crippen molar-refractivity contribution in [1.29, 1.82) is 0 Å². The van der Waals surface area contributed by atoms with Crippen LogP contribution in [-0.4, -0.2) is 307 Å². The van der Waals surface area contributed by atoms with Gasteiger partial charge in [0.2, 0.25) is 23.8 Å². The molecule has 1 aromatic carbocycles. The van der Waals surface area contributed by atoms with Crippen molar-refractivity contribution in [2.45, 2.75) is 114 Å².